The highest BCUT2D eigenvalue weighted by Gasteiger charge is 1.96. The summed E-state index contributed by atoms with van der Waals surface area (Å²) in [5.74, 6) is 3.76. The summed E-state index contributed by atoms with van der Waals surface area (Å²) in [5.41, 5.74) is 5.40. The monoisotopic (exact) mass is 255 g/mol. The van der Waals surface area contributed by atoms with Crippen LogP contribution in [0, 0.1) is 0 Å². The molecule has 0 aliphatic carbocycles. The molecule has 0 unspecified atom stereocenters. The van der Waals surface area contributed by atoms with E-state index in [-0.39, 0.29) is 0 Å². The van der Waals surface area contributed by atoms with Crippen molar-refractivity contribution in [2.75, 3.05) is 31.3 Å². The van der Waals surface area contributed by atoms with E-state index in [1.165, 1.54) is 0 Å². The van der Waals surface area contributed by atoms with Gasteiger partial charge < -0.3 is 15.2 Å². The second-order valence-electron chi connectivity index (χ2n) is 3.57. The van der Waals surface area contributed by atoms with Crippen molar-refractivity contribution in [3.63, 3.8) is 0 Å². The first-order valence-electron chi connectivity index (χ1n) is 6.00. The maximum Gasteiger partial charge on any atom is 0.119 e. The van der Waals surface area contributed by atoms with Crippen molar-refractivity contribution in [2.24, 2.45) is 5.73 Å². The minimum atomic E-state index is 0.722. The Morgan fingerprint density at radius 3 is 2.12 bits per heavy atom. The zero-order chi connectivity index (χ0) is 12.3. The smallest absolute Gasteiger partial charge is 0.119 e. The molecule has 1 rings (SSSR count). The quantitative estimate of drug-likeness (QED) is 0.689. The van der Waals surface area contributed by atoms with Gasteiger partial charge in [0.15, 0.2) is 0 Å². The van der Waals surface area contributed by atoms with Gasteiger partial charge in [-0.25, -0.2) is 0 Å². The van der Waals surface area contributed by atoms with Gasteiger partial charge in [-0.15, -0.1) is 0 Å². The van der Waals surface area contributed by atoms with Crippen molar-refractivity contribution in [3.8, 4) is 11.5 Å². The maximum absolute atomic E-state index is 5.59. The Hall–Kier alpha value is -0.870. The van der Waals surface area contributed by atoms with E-state index in [4.69, 9.17) is 15.2 Å². The zero-order valence-corrected chi connectivity index (χ0v) is 11.2. The van der Waals surface area contributed by atoms with Gasteiger partial charge in [0.1, 0.15) is 11.5 Å². The fourth-order valence-electron chi connectivity index (χ4n) is 1.26. The number of nitrogens with two attached hydrogens (primary N) is 1. The van der Waals surface area contributed by atoms with Crippen molar-refractivity contribution in [3.05, 3.63) is 24.3 Å². The molecule has 4 heteroatoms. The number of ether oxygens (including phenoxy) is 2. The molecule has 0 spiro atoms. The Labute approximate surface area is 108 Å². The molecular formula is C13H21NO2S. The number of benzene rings is 1. The Morgan fingerprint density at radius 2 is 1.59 bits per heavy atom. The van der Waals surface area contributed by atoms with Crippen LogP contribution in [0.1, 0.15) is 13.3 Å². The normalized spacial score (nSPS) is 10.2. The van der Waals surface area contributed by atoms with E-state index < -0.39 is 0 Å². The van der Waals surface area contributed by atoms with Crippen LogP contribution < -0.4 is 15.2 Å². The molecule has 0 heterocycles. The van der Waals surface area contributed by atoms with Crippen LogP contribution >= 0.6 is 11.8 Å². The van der Waals surface area contributed by atoms with Crippen LogP contribution in [-0.2, 0) is 0 Å². The molecule has 2 N–H and O–H groups in total. The molecule has 0 radical (unpaired) electrons. The zero-order valence-electron chi connectivity index (χ0n) is 10.4. The first kappa shape index (κ1) is 14.2. The lowest BCUT2D eigenvalue weighted by molar-refractivity contribution is 0.314. The molecule has 96 valence electrons. The molecule has 1 aromatic carbocycles. The number of hydrogen-bond acceptors (Lipinski definition) is 4. The van der Waals surface area contributed by atoms with Crippen LogP contribution in [0.25, 0.3) is 0 Å². The summed E-state index contributed by atoms with van der Waals surface area (Å²) in [5, 5.41) is 0. The molecule has 0 aliphatic heterocycles. The fraction of sp³-hybridized carbons (Fsp3) is 0.538. The molecular weight excluding hydrogens is 234 g/mol. The van der Waals surface area contributed by atoms with Gasteiger partial charge in [0, 0.05) is 18.1 Å². The highest BCUT2D eigenvalue weighted by atomic mass is 32.2. The average molecular weight is 255 g/mol. The van der Waals surface area contributed by atoms with Gasteiger partial charge in [-0.05, 0) is 30.7 Å². The molecule has 17 heavy (non-hydrogen) atoms. The van der Waals surface area contributed by atoms with Crippen LogP contribution in [0.5, 0.6) is 11.5 Å². The van der Waals surface area contributed by atoms with Crippen molar-refractivity contribution in [2.45, 2.75) is 13.3 Å². The van der Waals surface area contributed by atoms with Crippen LogP contribution in [0.4, 0.5) is 0 Å². The molecule has 0 saturated heterocycles. The highest BCUT2D eigenvalue weighted by Crippen LogP contribution is 2.17. The third kappa shape index (κ3) is 6.44. The molecule has 1 aromatic rings. The minimum Gasteiger partial charge on any atom is -0.494 e. The second-order valence-corrected chi connectivity index (χ2v) is 4.79. The molecule has 0 saturated carbocycles. The van der Waals surface area contributed by atoms with Gasteiger partial charge in [-0.2, -0.15) is 11.8 Å². The van der Waals surface area contributed by atoms with Gasteiger partial charge in [-0.3, -0.25) is 0 Å². The summed E-state index contributed by atoms with van der Waals surface area (Å²) in [6.45, 7) is 4.31. The minimum absolute atomic E-state index is 0.722. The van der Waals surface area contributed by atoms with E-state index >= 15 is 0 Å². The number of rotatable bonds is 9. The van der Waals surface area contributed by atoms with E-state index in [0.29, 0.717) is 0 Å². The molecule has 0 bridgehead atoms. The molecule has 0 atom stereocenters. The SMILES string of the molecule is CCCOc1ccc(OCCSCCN)cc1. The van der Waals surface area contributed by atoms with Crippen LogP contribution in [0.15, 0.2) is 24.3 Å². The average Bonchev–Trinajstić information content (AvgIpc) is 2.37. The van der Waals surface area contributed by atoms with Crippen molar-refractivity contribution < 1.29 is 9.47 Å². The maximum atomic E-state index is 5.59. The fourth-order valence-corrected chi connectivity index (χ4v) is 1.83. The van der Waals surface area contributed by atoms with Crippen molar-refractivity contribution in [1.29, 1.82) is 0 Å². The van der Waals surface area contributed by atoms with Gasteiger partial charge in [0.05, 0.1) is 13.2 Å². The predicted octanol–water partition coefficient (Wildman–Crippen LogP) is 2.55. The summed E-state index contributed by atoms with van der Waals surface area (Å²) < 4.78 is 11.1. The van der Waals surface area contributed by atoms with Gasteiger partial charge >= 0.3 is 0 Å². The van der Waals surface area contributed by atoms with Crippen molar-refractivity contribution >= 4 is 11.8 Å². The Morgan fingerprint density at radius 1 is 1.00 bits per heavy atom. The summed E-state index contributed by atoms with van der Waals surface area (Å²) in [4.78, 5) is 0. The highest BCUT2D eigenvalue weighted by molar-refractivity contribution is 7.99. The summed E-state index contributed by atoms with van der Waals surface area (Å²) in [6.07, 6.45) is 1.02. The topological polar surface area (TPSA) is 44.5 Å². The number of hydrogen-bond donors (Lipinski definition) is 1. The first-order chi connectivity index (χ1) is 8.36. The van der Waals surface area contributed by atoms with E-state index in [0.717, 1.165) is 49.2 Å². The summed E-state index contributed by atoms with van der Waals surface area (Å²) in [6, 6.07) is 7.77. The van der Waals surface area contributed by atoms with E-state index in [1.54, 1.807) is 0 Å². The Kier molecular flexibility index (Phi) is 7.67. The molecule has 0 aliphatic rings. The van der Waals surface area contributed by atoms with Crippen molar-refractivity contribution in [1.82, 2.24) is 0 Å². The van der Waals surface area contributed by atoms with Gasteiger partial charge in [0.2, 0.25) is 0 Å². The summed E-state index contributed by atoms with van der Waals surface area (Å²) >= 11 is 1.81. The summed E-state index contributed by atoms with van der Waals surface area (Å²) in [7, 11) is 0. The predicted molar refractivity (Wildman–Crippen MR) is 74.1 cm³/mol. The largest absolute Gasteiger partial charge is 0.494 e. The molecule has 0 aromatic heterocycles. The van der Waals surface area contributed by atoms with E-state index in [9.17, 15) is 0 Å². The molecule has 0 amide bonds. The first-order valence-corrected chi connectivity index (χ1v) is 7.15. The van der Waals surface area contributed by atoms with Crippen LogP contribution in [-0.4, -0.2) is 31.3 Å². The van der Waals surface area contributed by atoms with E-state index in [1.807, 2.05) is 36.0 Å². The van der Waals surface area contributed by atoms with Gasteiger partial charge in [0.25, 0.3) is 0 Å². The lowest BCUT2D eigenvalue weighted by Gasteiger charge is -2.07. The Bertz CT molecular complexity index is 290. The second kappa shape index (κ2) is 9.19. The van der Waals surface area contributed by atoms with E-state index in [2.05, 4.69) is 6.92 Å². The lowest BCUT2D eigenvalue weighted by Crippen LogP contribution is -2.05. The lowest BCUT2D eigenvalue weighted by atomic mass is 10.3. The van der Waals surface area contributed by atoms with Gasteiger partial charge in [-0.1, -0.05) is 6.92 Å². The number of thioether (sulfide) groups is 1. The van der Waals surface area contributed by atoms with Crippen LogP contribution in [0.3, 0.4) is 0 Å². The van der Waals surface area contributed by atoms with Crippen LogP contribution in [0.2, 0.25) is 0 Å². The Balaban J connectivity index is 2.20. The molecule has 0 fully saturated rings. The third-order valence-corrected chi connectivity index (χ3v) is 3.03. The standard InChI is InChI=1S/C13H21NO2S/c1-2-8-15-12-3-5-13(6-4-12)16-9-11-17-10-7-14/h3-6H,2,7-11,14H2,1H3. The third-order valence-electron chi connectivity index (χ3n) is 2.06. The molecule has 3 nitrogen and oxygen atoms in total.